The quantitative estimate of drug-likeness (QED) is 0.242. The summed E-state index contributed by atoms with van der Waals surface area (Å²) in [6.45, 7) is 1.87. The minimum atomic E-state index is -4.55. The maximum absolute atomic E-state index is 13.3. The van der Waals surface area contributed by atoms with Gasteiger partial charge in [0.05, 0.1) is 22.7 Å². The van der Waals surface area contributed by atoms with Crippen molar-refractivity contribution < 1.29 is 17.6 Å². The maximum atomic E-state index is 13.3. The van der Waals surface area contributed by atoms with Crippen LogP contribution in [0.3, 0.4) is 0 Å². The molecule has 0 N–H and O–H groups in total. The summed E-state index contributed by atoms with van der Waals surface area (Å²) in [5.41, 5.74) is 0.708. The number of hydrogen-bond acceptors (Lipinski definition) is 4. The number of alkyl halides is 3. The minimum absolute atomic E-state index is 0.0292. The highest BCUT2D eigenvalue weighted by molar-refractivity contribution is 6.31. The van der Waals surface area contributed by atoms with Crippen LogP contribution in [-0.2, 0) is 6.18 Å². The topological polar surface area (TPSA) is 60.4 Å². The summed E-state index contributed by atoms with van der Waals surface area (Å²) in [6.07, 6.45) is -3.23. The molecule has 5 rings (SSSR count). The van der Waals surface area contributed by atoms with Gasteiger partial charge >= 0.3 is 6.18 Å². The summed E-state index contributed by atoms with van der Waals surface area (Å²) in [6, 6.07) is 20.0. The van der Waals surface area contributed by atoms with E-state index in [0.717, 1.165) is 27.9 Å². The minimum Gasteiger partial charge on any atom is -0.455 e. The molecule has 0 bridgehead atoms. The Labute approximate surface area is 208 Å². The zero-order chi connectivity index (χ0) is 25.4. The van der Waals surface area contributed by atoms with Gasteiger partial charge in [0.15, 0.2) is 5.82 Å². The number of nitrogens with zero attached hydrogens (tertiary/aromatic N) is 3. The van der Waals surface area contributed by atoms with Crippen molar-refractivity contribution in [3.8, 4) is 22.7 Å². The molecule has 9 heteroatoms. The molecule has 5 aromatic rings. The standard InChI is InChI=1S/C27H17ClF3N3O2/c1-16-20(9-5-10-22(16)28)24-13-12-19(36-24)15-32-34-25(17-6-4-7-18(14-17)27(29,30)31)33-23-11-3-2-8-21(23)26(34)35/h2-15H,1H3. The van der Waals surface area contributed by atoms with E-state index in [9.17, 15) is 18.0 Å². The number of aromatic nitrogens is 2. The Hall–Kier alpha value is -4.17. The van der Waals surface area contributed by atoms with Crippen molar-refractivity contribution in [3.05, 3.63) is 111 Å². The van der Waals surface area contributed by atoms with Gasteiger partial charge < -0.3 is 4.42 Å². The molecule has 0 radical (unpaired) electrons. The average Bonchev–Trinajstić information content (AvgIpc) is 3.33. The van der Waals surface area contributed by atoms with Crippen LogP contribution in [0.2, 0.25) is 5.02 Å². The molecule has 36 heavy (non-hydrogen) atoms. The van der Waals surface area contributed by atoms with Gasteiger partial charge in [-0.2, -0.15) is 22.9 Å². The van der Waals surface area contributed by atoms with Crippen LogP contribution in [0.5, 0.6) is 0 Å². The van der Waals surface area contributed by atoms with Crippen molar-refractivity contribution in [2.24, 2.45) is 5.10 Å². The van der Waals surface area contributed by atoms with Crippen molar-refractivity contribution in [2.45, 2.75) is 13.1 Å². The summed E-state index contributed by atoms with van der Waals surface area (Å²) in [5, 5.41) is 5.13. The van der Waals surface area contributed by atoms with Crippen LogP contribution >= 0.6 is 11.6 Å². The van der Waals surface area contributed by atoms with E-state index in [-0.39, 0.29) is 16.8 Å². The number of halogens is 4. The first kappa shape index (κ1) is 23.6. The molecule has 5 nitrogen and oxygen atoms in total. The largest absolute Gasteiger partial charge is 0.455 e. The molecule has 0 aliphatic carbocycles. The van der Waals surface area contributed by atoms with Crippen LogP contribution in [0, 0.1) is 6.92 Å². The van der Waals surface area contributed by atoms with E-state index in [1.165, 1.54) is 18.3 Å². The molecule has 0 unspecified atom stereocenters. The fraction of sp³-hybridized carbons (Fsp3) is 0.0741. The predicted molar refractivity (Wildman–Crippen MR) is 133 cm³/mol. The summed E-state index contributed by atoms with van der Waals surface area (Å²) in [4.78, 5) is 17.7. The Morgan fingerprint density at radius 1 is 1.00 bits per heavy atom. The number of furan rings is 1. The number of benzene rings is 3. The molecular weight excluding hydrogens is 491 g/mol. The summed E-state index contributed by atoms with van der Waals surface area (Å²) < 4.78 is 46.9. The van der Waals surface area contributed by atoms with E-state index in [0.29, 0.717) is 22.1 Å². The fourth-order valence-electron chi connectivity index (χ4n) is 3.81. The third-order valence-corrected chi connectivity index (χ3v) is 6.07. The van der Waals surface area contributed by atoms with Gasteiger partial charge in [0.25, 0.3) is 5.56 Å². The van der Waals surface area contributed by atoms with Crippen molar-refractivity contribution in [2.75, 3.05) is 0 Å². The SMILES string of the molecule is Cc1c(Cl)cccc1-c1ccc(C=Nn2c(-c3cccc(C(F)(F)F)c3)nc3ccccc3c2=O)o1. The molecule has 0 saturated heterocycles. The second kappa shape index (κ2) is 9.13. The molecular formula is C27H17ClF3N3O2. The highest BCUT2D eigenvalue weighted by Crippen LogP contribution is 2.32. The van der Waals surface area contributed by atoms with Gasteiger partial charge in [0.1, 0.15) is 11.5 Å². The highest BCUT2D eigenvalue weighted by atomic mass is 35.5. The van der Waals surface area contributed by atoms with E-state index in [1.807, 2.05) is 19.1 Å². The summed E-state index contributed by atoms with van der Waals surface area (Å²) in [7, 11) is 0. The molecule has 0 atom stereocenters. The smallest absolute Gasteiger partial charge is 0.416 e. The van der Waals surface area contributed by atoms with E-state index in [4.69, 9.17) is 16.0 Å². The Bertz CT molecular complexity index is 1690. The highest BCUT2D eigenvalue weighted by Gasteiger charge is 2.31. The Kier molecular flexibility index (Phi) is 5.97. The lowest BCUT2D eigenvalue weighted by Gasteiger charge is -2.11. The molecule has 180 valence electrons. The van der Waals surface area contributed by atoms with Gasteiger partial charge in [0, 0.05) is 16.1 Å². The summed E-state index contributed by atoms with van der Waals surface area (Å²) in [5.74, 6) is 0.858. The number of rotatable bonds is 4. The number of hydrogen-bond donors (Lipinski definition) is 0. The van der Waals surface area contributed by atoms with Crippen molar-refractivity contribution in [3.63, 3.8) is 0 Å². The van der Waals surface area contributed by atoms with Crippen LogP contribution in [-0.4, -0.2) is 15.9 Å². The van der Waals surface area contributed by atoms with Gasteiger partial charge in [-0.1, -0.05) is 48.0 Å². The third-order valence-electron chi connectivity index (χ3n) is 5.66. The van der Waals surface area contributed by atoms with E-state index < -0.39 is 17.3 Å². The molecule has 0 saturated carbocycles. The average molecular weight is 508 g/mol. The van der Waals surface area contributed by atoms with Crippen LogP contribution in [0.15, 0.2) is 93.2 Å². The van der Waals surface area contributed by atoms with Gasteiger partial charge in [-0.25, -0.2) is 4.98 Å². The lowest BCUT2D eigenvalue weighted by atomic mass is 10.1. The van der Waals surface area contributed by atoms with Gasteiger partial charge in [-0.05, 0) is 55.0 Å². The second-order valence-electron chi connectivity index (χ2n) is 8.01. The van der Waals surface area contributed by atoms with E-state index >= 15 is 0 Å². The van der Waals surface area contributed by atoms with Gasteiger partial charge in [-0.3, -0.25) is 4.79 Å². The molecule has 0 spiro atoms. The first-order valence-corrected chi connectivity index (χ1v) is 11.2. The third kappa shape index (κ3) is 4.43. The normalized spacial score (nSPS) is 12.0. The Morgan fingerprint density at radius 2 is 1.78 bits per heavy atom. The fourth-order valence-corrected chi connectivity index (χ4v) is 3.98. The zero-order valence-corrected chi connectivity index (χ0v) is 19.5. The van der Waals surface area contributed by atoms with Crippen molar-refractivity contribution in [1.29, 1.82) is 0 Å². The number of para-hydroxylation sites is 1. The molecule has 2 aromatic heterocycles. The molecule has 0 aliphatic rings. The molecule has 3 aromatic carbocycles. The van der Waals surface area contributed by atoms with Crippen LogP contribution in [0.1, 0.15) is 16.9 Å². The molecule has 0 aliphatic heterocycles. The lowest BCUT2D eigenvalue weighted by molar-refractivity contribution is -0.137. The Morgan fingerprint density at radius 3 is 2.58 bits per heavy atom. The first-order chi connectivity index (χ1) is 17.2. The van der Waals surface area contributed by atoms with E-state index in [2.05, 4.69) is 10.1 Å². The van der Waals surface area contributed by atoms with Crippen LogP contribution in [0.4, 0.5) is 13.2 Å². The van der Waals surface area contributed by atoms with Crippen molar-refractivity contribution in [1.82, 2.24) is 9.66 Å². The zero-order valence-electron chi connectivity index (χ0n) is 18.8. The lowest BCUT2D eigenvalue weighted by Crippen LogP contribution is -2.20. The Balaban J connectivity index is 1.62. The first-order valence-electron chi connectivity index (χ1n) is 10.8. The maximum Gasteiger partial charge on any atom is 0.416 e. The van der Waals surface area contributed by atoms with Crippen molar-refractivity contribution >= 4 is 28.7 Å². The van der Waals surface area contributed by atoms with E-state index in [1.54, 1.807) is 42.5 Å². The van der Waals surface area contributed by atoms with Gasteiger partial charge in [0.2, 0.25) is 0 Å². The predicted octanol–water partition coefficient (Wildman–Crippen LogP) is 7.19. The monoisotopic (exact) mass is 507 g/mol. The van der Waals surface area contributed by atoms with Crippen LogP contribution in [0.25, 0.3) is 33.6 Å². The number of fused-ring (bicyclic) bond motifs is 1. The molecule has 0 amide bonds. The summed E-state index contributed by atoms with van der Waals surface area (Å²) >= 11 is 6.21. The second-order valence-corrected chi connectivity index (χ2v) is 8.41. The molecule has 2 heterocycles. The van der Waals surface area contributed by atoms with Crippen LogP contribution < -0.4 is 5.56 Å². The van der Waals surface area contributed by atoms with Gasteiger partial charge in [-0.15, -0.1) is 0 Å². The molecule has 0 fully saturated rings.